The molecule has 0 aliphatic carbocycles. The van der Waals surface area contributed by atoms with Crippen LogP contribution in [0.2, 0.25) is 0 Å². The van der Waals surface area contributed by atoms with Crippen LogP contribution in [-0.4, -0.2) is 32.7 Å². The second kappa shape index (κ2) is 7.43. The number of pyridine rings is 1. The van der Waals surface area contributed by atoms with Crippen molar-refractivity contribution in [3.63, 3.8) is 0 Å². The van der Waals surface area contributed by atoms with Gasteiger partial charge in [-0.05, 0) is 31.9 Å². The molecule has 0 saturated carbocycles. The van der Waals surface area contributed by atoms with Crippen LogP contribution in [0.15, 0.2) is 29.9 Å². The topological polar surface area (TPSA) is 88.4 Å². The van der Waals surface area contributed by atoms with Crippen LogP contribution in [0.3, 0.4) is 0 Å². The fraction of sp³-hybridized carbons (Fsp3) is 0.294. The van der Waals surface area contributed by atoms with Gasteiger partial charge >= 0.3 is 0 Å². The molecule has 0 spiro atoms. The van der Waals surface area contributed by atoms with Crippen molar-refractivity contribution in [2.75, 3.05) is 11.9 Å². The van der Waals surface area contributed by atoms with E-state index in [0.717, 1.165) is 11.2 Å². The van der Waals surface area contributed by atoms with Gasteiger partial charge in [0.2, 0.25) is 5.91 Å². The standard InChI is InChI=1S/C17H19N5O2S/c1-11-5-4-9-22-14(12(2)20-15(11)22)16(24)18-7-3-6-13(23)21-17-19-8-10-25-17/h4-5,8-10H,3,6-7H2,1-2H3,(H,18,24)(H,19,21,23). The van der Waals surface area contributed by atoms with Crippen molar-refractivity contribution < 1.29 is 9.59 Å². The SMILES string of the molecule is Cc1nc2c(C)cccn2c1C(=O)NCCCC(=O)Nc1nccs1. The molecule has 2 N–H and O–H groups in total. The van der Waals surface area contributed by atoms with E-state index >= 15 is 0 Å². The van der Waals surface area contributed by atoms with Gasteiger partial charge in [-0.2, -0.15) is 0 Å². The monoisotopic (exact) mass is 357 g/mol. The van der Waals surface area contributed by atoms with E-state index in [1.165, 1.54) is 11.3 Å². The van der Waals surface area contributed by atoms with Gasteiger partial charge in [0.25, 0.3) is 5.91 Å². The number of nitrogens with zero attached hydrogens (tertiary/aromatic N) is 3. The van der Waals surface area contributed by atoms with Gasteiger partial charge in [-0.15, -0.1) is 11.3 Å². The summed E-state index contributed by atoms with van der Waals surface area (Å²) in [5.41, 5.74) is 3.02. The number of amides is 2. The first-order chi connectivity index (χ1) is 12.1. The van der Waals surface area contributed by atoms with Crippen molar-refractivity contribution in [1.29, 1.82) is 0 Å². The number of carbonyl (C=O) groups excluding carboxylic acids is 2. The van der Waals surface area contributed by atoms with Gasteiger partial charge in [-0.25, -0.2) is 9.97 Å². The third-order valence-corrected chi connectivity index (χ3v) is 4.47. The highest BCUT2D eigenvalue weighted by molar-refractivity contribution is 7.13. The van der Waals surface area contributed by atoms with Crippen LogP contribution in [0.1, 0.15) is 34.6 Å². The molecule has 0 atom stereocenters. The van der Waals surface area contributed by atoms with E-state index in [-0.39, 0.29) is 11.8 Å². The molecule has 3 aromatic rings. The van der Waals surface area contributed by atoms with Crippen molar-refractivity contribution >= 4 is 33.9 Å². The quantitative estimate of drug-likeness (QED) is 0.664. The maximum Gasteiger partial charge on any atom is 0.270 e. The molecule has 3 heterocycles. The molecule has 3 aromatic heterocycles. The Balaban J connectivity index is 1.54. The normalized spacial score (nSPS) is 10.8. The Morgan fingerprint density at radius 3 is 2.92 bits per heavy atom. The first kappa shape index (κ1) is 17.1. The number of fused-ring (bicyclic) bond motifs is 1. The first-order valence-corrected chi connectivity index (χ1v) is 8.86. The Morgan fingerprint density at radius 1 is 1.32 bits per heavy atom. The van der Waals surface area contributed by atoms with Crippen molar-refractivity contribution in [3.8, 4) is 0 Å². The maximum atomic E-state index is 12.5. The third-order valence-electron chi connectivity index (χ3n) is 3.78. The molecule has 0 aromatic carbocycles. The Labute approximate surface area is 149 Å². The van der Waals surface area contributed by atoms with Gasteiger partial charge in [0.1, 0.15) is 11.3 Å². The number of imidazole rings is 1. The number of nitrogens with one attached hydrogen (secondary N) is 2. The Kier molecular flexibility index (Phi) is 5.08. The molecule has 0 saturated heterocycles. The average Bonchev–Trinajstić information content (AvgIpc) is 3.19. The number of hydrogen-bond acceptors (Lipinski definition) is 5. The van der Waals surface area contributed by atoms with E-state index in [1.54, 1.807) is 16.0 Å². The highest BCUT2D eigenvalue weighted by Crippen LogP contribution is 2.15. The lowest BCUT2D eigenvalue weighted by molar-refractivity contribution is -0.116. The smallest absolute Gasteiger partial charge is 0.270 e. The van der Waals surface area contributed by atoms with Gasteiger partial charge in [0.05, 0.1) is 5.69 Å². The minimum absolute atomic E-state index is 0.106. The molecule has 0 bridgehead atoms. The van der Waals surface area contributed by atoms with Gasteiger partial charge in [0.15, 0.2) is 5.13 Å². The number of aryl methyl sites for hydroxylation is 2. The van der Waals surface area contributed by atoms with Crippen LogP contribution in [0, 0.1) is 13.8 Å². The van der Waals surface area contributed by atoms with Crippen LogP contribution in [0.4, 0.5) is 5.13 Å². The van der Waals surface area contributed by atoms with Gasteiger partial charge in [-0.1, -0.05) is 6.07 Å². The lowest BCUT2D eigenvalue weighted by Gasteiger charge is -2.06. The molecule has 7 nitrogen and oxygen atoms in total. The summed E-state index contributed by atoms with van der Waals surface area (Å²) in [4.78, 5) is 32.7. The number of rotatable bonds is 6. The van der Waals surface area contributed by atoms with Crippen LogP contribution >= 0.6 is 11.3 Å². The van der Waals surface area contributed by atoms with Crippen LogP contribution in [-0.2, 0) is 4.79 Å². The van der Waals surface area contributed by atoms with Crippen LogP contribution < -0.4 is 10.6 Å². The molecular formula is C17H19N5O2S. The number of anilines is 1. The highest BCUT2D eigenvalue weighted by Gasteiger charge is 2.17. The fourth-order valence-electron chi connectivity index (χ4n) is 2.59. The van der Waals surface area contributed by atoms with E-state index < -0.39 is 0 Å². The minimum Gasteiger partial charge on any atom is -0.351 e. The summed E-state index contributed by atoms with van der Waals surface area (Å²) in [5, 5.41) is 7.97. The summed E-state index contributed by atoms with van der Waals surface area (Å²) in [5.74, 6) is -0.290. The highest BCUT2D eigenvalue weighted by atomic mass is 32.1. The number of hydrogen-bond donors (Lipinski definition) is 2. The van der Waals surface area contributed by atoms with Crippen LogP contribution in [0.5, 0.6) is 0 Å². The number of thiazole rings is 1. The van der Waals surface area contributed by atoms with Gasteiger partial charge < -0.3 is 10.6 Å². The van der Waals surface area contributed by atoms with Crippen molar-refractivity contribution in [2.45, 2.75) is 26.7 Å². The van der Waals surface area contributed by atoms with Crippen molar-refractivity contribution in [3.05, 3.63) is 46.9 Å². The number of aromatic nitrogens is 3. The molecule has 0 unspecified atom stereocenters. The first-order valence-electron chi connectivity index (χ1n) is 7.98. The summed E-state index contributed by atoms with van der Waals surface area (Å²) in [6.45, 7) is 4.20. The zero-order chi connectivity index (χ0) is 17.8. The van der Waals surface area contributed by atoms with Crippen molar-refractivity contribution in [1.82, 2.24) is 19.7 Å². The largest absolute Gasteiger partial charge is 0.351 e. The van der Waals surface area contributed by atoms with E-state index in [4.69, 9.17) is 0 Å². The predicted octanol–water partition coefficient (Wildman–Crippen LogP) is 2.56. The molecule has 0 radical (unpaired) electrons. The zero-order valence-corrected chi connectivity index (χ0v) is 14.9. The van der Waals surface area contributed by atoms with Crippen LogP contribution in [0.25, 0.3) is 5.65 Å². The summed E-state index contributed by atoms with van der Waals surface area (Å²) >= 11 is 1.37. The second-order valence-corrected chi connectivity index (χ2v) is 6.57. The molecule has 3 rings (SSSR count). The van der Waals surface area contributed by atoms with E-state index in [2.05, 4.69) is 20.6 Å². The minimum atomic E-state index is -0.184. The van der Waals surface area contributed by atoms with Gasteiger partial charge in [-0.3, -0.25) is 14.0 Å². The molecule has 25 heavy (non-hydrogen) atoms. The Morgan fingerprint density at radius 2 is 2.16 bits per heavy atom. The average molecular weight is 357 g/mol. The lowest BCUT2D eigenvalue weighted by atomic mass is 10.2. The Bertz CT molecular complexity index is 901. The molecule has 8 heteroatoms. The Hall–Kier alpha value is -2.74. The van der Waals surface area contributed by atoms with E-state index in [1.807, 2.05) is 32.2 Å². The third kappa shape index (κ3) is 3.85. The molecule has 0 aliphatic rings. The van der Waals surface area contributed by atoms with E-state index in [0.29, 0.717) is 35.9 Å². The molecule has 130 valence electrons. The predicted molar refractivity (Wildman–Crippen MR) is 97.0 cm³/mol. The molecule has 0 aliphatic heterocycles. The fourth-order valence-corrected chi connectivity index (χ4v) is 3.14. The maximum absolute atomic E-state index is 12.5. The van der Waals surface area contributed by atoms with Crippen molar-refractivity contribution in [2.24, 2.45) is 0 Å². The molecular weight excluding hydrogens is 338 g/mol. The number of carbonyl (C=O) groups is 2. The molecule has 0 fully saturated rings. The molecule has 2 amide bonds. The van der Waals surface area contributed by atoms with Gasteiger partial charge in [0, 0.05) is 30.7 Å². The lowest BCUT2D eigenvalue weighted by Crippen LogP contribution is -2.27. The summed E-state index contributed by atoms with van der Waals surface area (Å²) in [6.07, 6.45) is 4.35. The summed E-state index contributed by atoms with van der Waals surface area (Å²) < 4.78 is 1.80. The second-order valence-electron chi connectivity index (χ2n) is 5.68. The van der Waals surface area contributed by atoms with E-state index in [9.17, 15) is 9.59 Å². The zero-order valence-electron chi connectivity index (χ0n) is 14.1. The summed E-state index contributed by atoms with van der Waals surface area (Å²) in [6, 6.07) is 3.85. The summed E-state index contributed by atoms with van der Waals surface area (Å²) in [7, 11) is 0.